The maximum atomic E-state index is 14.9. The summed E-state index contributed by atoms with van der Waals surface area (Å²) < 4.78 is 26.8. The Hall–Kier alpha value is -4.67. The number of nitrogens with one attached hydrogen (secondary N) is 2. The molecule has 6 bridgehead atoms. The molecule has 3 aromatic heterocycles. The number of carbonyl (C=O) groups excluding carboxylic acids is 3. The standard InChI is InChI=1S/C48H62N8O7/c1-26-27(2)39(26)44(57)51-41-43(54-22-32(23-54)61-7)45-50-37(24-62-45)29-12-15-38-34(18-29)35(19-48(4,5)25-63-47(59)36-11-9-17-55(52-36)46(41)58)42(33-10-8-16-49-40(33)28(3)60-6)56(38)31-20-53(21-31)30-13-14-30/h8,10,12,15-16,18,24,26-28,30-32,36,39,41,43,52H,9,11,13-14,17,19-23,25H2,1-7H3,(H,51,57)/t26-,27+,28-,36-,39?,41-,43-/m0/s1. The molecule has 1 aromatic carbocycles. The van der Waals surface area contributed by atoms with E-state index in [9.17, 15) is 14.4 Å². The molecular weight excluding hydrogens is 801 g/mol. The second-order valence-electron chi connectivity index (χ2n) is 19.9. The van der Waals surface area contributed by atoms with E-state index < -0.39 is 29.5 Å². The summed E-state index contributed by atoms with van der Waals surface area (Å²) in [6.45, 7) is 13.9. The van der Waals surface area contributed by atoms with Crippen LogP contribution >= 0.6 is 0 Å². The monoisotopic (exact) mass is 862 g/mol. The van der Waals surface area contributed by atoms with E-state index in [-0.39, 0.29) is 54.4 Å². The number of cyclic esters (lactones) is 1. The SMILES string of the molecule is COC1CN([C@@H]2c3nc(co3)-c3ccc4c(c3)c(c(-c3cccnc3[C@H](C)OC)n4C3CN(C4CC4)C3)CC(C)(C)COC(=O)[C@@H]3CCCN(N3)C(=O)[C@H]2NC(=O)C2[C@@H](C)[C@H]2C)C1. The number of esters is 1. The van der Waals surface area contributed by atoms with Crippen molar-refractivity contribution >= 4 is 28.7 Å². The molecule has 4 aromatic rings. The van der Waals surface area contributed by atoms with Crippen LogP contribution in [0.5, 0.6) is 0 Å². The number of carbonyl (C=O) groups is 3. The molecule has 0 spiro atoms. The number of methoxy groups -OCH3 is 2. The third-order valence-corrected chi connectivity index (χ3v) is 14.9. The molecule has 6 aliphatic rings. The zero-order valence-corrected chi connectivity index (χ0v) is 37.6. The van der Waals surface area contributed by atoms with Gasteiger partial charge in [0.2, 0.25) is 11.8 Å². The number of amides is 2. The van der Waals surface area contributed by atoms with Crippen molar-refractivity contribution in [2.75, 3.05) is 53.6 Å². The van der Waals surface area contributed by atoms with E-state index in [1.54, 1.807) is 20.5 Å². The average molecular weight is 863 g/mol. The fourth-order valence-electron chi connectivity index (χ4n) is 10.6. The summed E-state index contributed by atoms with van der Waals surface area (Å²) in [5, 5.41) is 5.75. The van der Waals surface area contributed by atoms with Gasteiger partial charge in [0, 0.05) is 92.5 Å². The number of pyridine rings is 1. The van der Waals surface area contributed by atoms with Crippen LogP contribution in [0.3, 0.4) is 0 Å². The number of ether oxygens (including phenoxy) is 3. The number of likely N-dealkylation sites (tertiary alicyclic amines) is 2. The molecule has 5 fully saturated rings. The van der Waals surface area contributed by atoms with Crippen molar-refractivity contribution in [3.8, 4) is 22.5 Å². The summed E-state index contributed by atoms with van der Waals surface area (Å²) in [5.41, 5.74) is 9.47. The fraction of sp³-hybridized carbons (Fsp3) is 0.604. The molecule has 15 nitrogen and oxygen atoms in total. The van der Waals surface area contributed by atoms with Gasteiger partial charge >= 0.3 is 5.97 Å². The highest BCUT2D eigenvalue weighted by Crippen LogP contribution is 2.47. The minimum Gasteiger partial charge on any atom is -0.464 e. The van der Waals surface area contributed by atoms with E-state index >= 15 is 0 Å². The van der Waals surface area contributed by atoms with E-state index in [2.05, 4.69) is 77.1 Å². The van der Waals surface area contributed by atoms with Crippen LogP contribution in [0.25, 0.3) is 33.4 Å². The Labute approximate surface area is 369 Å². The second-order valence-corrected chi connectivity index (χ2v) is 19.9. The molecule has 15 heteroatoms. The smallest absolute Gasteiger partial charge is 0.324 e. The maximum absolute atomic E-state index is 14.9. The third-order valence-electron chi connectivity index (χ3n) is 14.9. The van der Waals surface area contributed by atoms with Crippen LogP contribution in [0.15, 0.2) is 47.2 Å². The van der Waals surface area contributed by atoms with Crippen molar-refractivity contribution in [2.24, 2.45) is 23.2 Å². The van der Waals surface area contributed by atoms with E-state index in [0.717, 1.165) is 52.1 Å². The molecule has 336 valence electrons. The summed E-state index contributed by atoms with van der Waals surface area (Å²) >= 11 is 0. The molecule has 2 saturated carbocycles. The summed E-state index contributed by atoms with van der Waals surface area (Å²) in [6.07, 6.45) is 7.40. The topological polar surface area (TPSA) is 157 Å². The molecule has 1 unspecified atom stereocenters. The zero-order chi connectivity index (χ0) is 43.9. The summed E-state index contributed by atoms with van der Waals surface area (Å²) in [7, 11) is 3.40. The van der Waals surface area contributed by atoms with Crippen LogP contribution in [0, 0.1) is 23.2 Å². The predicted octanol–water partition coefficient (Wildman–Crippen LogP) is 5.46. The van der Waals surface area contributed by atoms with E-state index in [1.807, 2.05) is 19.2 Å². The molecule has 2 amide bonds. The normalized spacial score (nSPS) is 28.8. The van der Waals surface area contributed by atoms with Gasteiger partial charge in [-0.15, -0.1) is 0 Å². The summed E-state index contributed by atoms with van der Waals surface area (Å²) in [6, 6.07) is 9.04. The first kappa shape index (κ1) is 42.3. The van der Waals surface area contributed by atoms with Gasteiger partial charge in [0.1, 0.15) is 30.1 Å². The molecule has 10 rings (SSSR count). The molecule has 7 heterocycles. The first-order valence-corrected chi connectivity index (χ1v) is 23.0. The Balaban J connectivity index is 1.14. The molecular formula is C48H62N8O7. The van der Waals surface area contributed by atoms with E-state index in [0.29, 0.717) is 56.5 Å². The van der Waals surface area contributed by atoms with Crippen molar-refractivity contribution in [3.63, 3.8) is 0 Å². The highest BCUT2D eigenvalue weighted by Gasteiger charge is 2.52. The minimum atomic E-state index is -1.06. The molecule has 4 aliphatic heterocycles. The molecule has 2 aliphatic carbocycles. The predicted molar refractivity (Wildman–Crippen MR) is 235 cm³/mol. The van der Waals surface area contributed by atoms with Gasteiger partial charge in [0.05, 0.1) is 36.2 Å². The number of benzene rings is 1. The van der Waals surface area contributed by atoms with Crippen molar-refractivity contribution in [1.82, 2.24) is 40.1 Å². The van der Waals surface area contributed by atoms with Gasteiger partial charge in [-0.05, 0) is 80.7 Å². The van der Waals surface area contributed by atoms with Crippen LogP contribution < -0.4 is 10.7 Å². The zero-order valence-electron chi connectivity index (χ0n) is 37.6. The van der Waals surface area contributed by atoms with Gasteiger partial charge in [-0.25, -0.2) is 10.4 Å². The Kier molecular flexibility index (Phi) is 11.0. The Morgan fingerprint density at radius 3 is 2.51 bits per heavy atom. The van der Waals surface area contributed by atoms with Gasteiger partial charge in [0.25, 0.3) is 5.91 Å². The van der Waals surface area contributed by atoms with Crippen molar-refractivity contribution < 1.29 is 33.0 Å². The second kappa shape index (κ2) is 16.4. The van der Waals surface area contributed by atoms with Gasteiger partial charge in [0.15, 0.2) is 0 Å². The quantitative estimate of drug-likeness (QED) is 0.205. The van der Waals surface area contributed by atoms with Crippen molar-refractivity contribution in [3.05, 3.63) is 59.9 Å². The maximum Gasteiger partial charge on any atom is 0.324 e. The van der Waals surface area contributed by atoms with Gasteiger partial charge in [-0.2, -0.15) is 0 Å². The Bertz CT molecular complexity index is 2390. The van der Waals surface area contributed by atoms with Gasteiger partial charge in [-0.1, -0.05) is 33.8 Å². The van der Waals surface area contributed by atoms with Crippen molar-refractivity contribution in [1.29, 1.82) is 0 Å². The van der Waals surface area contributed by atoms with Crippen LogP contribution in [-0.2, 0) is 35.0 Å². The molecule has 3 saturated heterocycles. The highest BCUT2D eigenvalue weighted by atomic mass is 16.5. The lowest BCUT2D eigenvalue weighted by molar-refractivity contribution is -0.157. The number of rotatable bonds is 9. The third kappa shape index (κ3) is 7.77. The largest absolute Gasteiger partial charge is 0.464 e. The lowest BCUT2D eigenvalue weighted by Crippen LogP contribution is -2.65. The van der Waals surface area contributed by atoms with E-state index in [4.69, 9.17) is 28.6 Å². The molecule has 7 atom stereocenters. The molecule has 63 heavy (non-hydrogen) atoms. The lowest BCUT2D eigenvalue weighted by atomic mass is 9.84. The average Bonchev–Trinajstić information content (AvgIpc) is 4.10. The lowest BCUT2D eigenvalue weighted by Gasteiger charge is -2.45. The number of hydrogen-bond acceptors (Lipinski definition) is 12. The van der Waals surface area contributed by atoms with Gasteiger partial charge in [-0.3, -0.25) is 34.2 Å². The minimum absolute atomic E-state index is 0.0443. The summed E-state index contributed by atoms with van der Waals surface area (Å²) in [5.74, 6) is -0.415. The Morgan fingerprint density at radius 2 is 1.79 bits per heavy atom. The van der Waals surface area contributed by atoms with E-state index in [1.165, 1.54) is 17.9 Å². The summed E-state index contributed by atoms with van der Waals surface area (Å²) in [4.78, 5) is 57.7. The molecule has 2 N–H and O–H groups in total. The fourth-order valence-corrected chi connectivity index (χ4v) is 10.6. The number of fused-ring (bicyclic) bond motifs is 6. The molecule has 0 radical (unpaired) electrons. The number of hydrazine groups is 1. The highest BCUT2D eigenvalue weighted by molar-refractivity contribution is 5.95. The van der Waals surface area contributed by atoms with Gasteiger partial charge < -0.3 is 28.5 Å². The van der Waals surface area contributed by atoms with Crippen LogP contribution in [-0.4, -0.2) is 125 Å². The van der Waals surface area contributed by atoms with Crippen LogP contribution in [0.4, 0.5) is 0 Å². The first-order chi connectivity index (χ1) is 30.3. The number of nitrogens with zero attached hydrogens (tertiary/aromatic N) is 6. The number of aromatic nitrogens is 3. The van der Waals surface area contributed by atoms with Crippen molar-refractivity contribution in [2.45, 2.75) is 109 Å². The number of oxazole rings is 1. The number of hydrogen-bond donors (Lipinski definition) is 2. The van der Waals surface area contributed by atoms with Crippen LogP contribution in [0.2, 0.25) is 0 Å². The first-order valence-electron chi connectivity index (χ1n) is 23.0. The van der Waals surface area contributed by atoms with Crippen LogP contribution in [0.1, 0.15) is 95.6 Å². The Morgan fingerprint density at radius 1 is 1.02 bits per heavy atom.